The van der Waals surface area contributed by atoms with E-state index < -0.39 is 0 Å². The summed E-state index contributed by atoms with van der Waals surface area (Å²) in [5.74, 6) is 0.238. The number of aliphatic hydroxyl groups is 1. The molecule has 0 fully saturated rings. The standard InChI is InChI=1S/C9H16N4O2/c1-6(2)3-7(4-14)12-9(15)8-10-5-11-13-8/h5-7,14H,3-4H2,1-2H3,(H,12,15)(H,10,11,13). The fraction of sp³-hybridized carbons (Fsp3) is 0.667. The predicted molar refractivity (Wildman–Crippen MR) is 54.2 cm³/mol. The van der Waals surface area contributed by atoms with Crippen LogP contribution in [0.5, 0.6) is 0 Å². The number of hydrogen-bond donors (Lipinski definition) is 3. The van der Waals surface area contributed by atoms with Gasteiger partial charge in [0.15, 0.2) is 0 Å². The lowest BCUT2D eigenvalue weighted by Gasteiger charge is -2.17. The van der Waals surface area contributed by atoms with Crippen LogP contribution in [0, 0.1) is 5.92 Å². The minimum atomic E-state index is -0.341. The fourth-order valence-corrected chi connectivity index (χ4v) is 1.32. The topological polar surface area (TPSA) is 90.9 Å². The summed E-state index contributed by atoms with van der Waals surface area (Å²) in [6.45, 7) is 3.99. The van der Waals surface area contributed by atoms with Crippen LogP contribution < -0.4 is 5.32 Å². The molecule has 0 bridgehead atoms. The normalized spacial score (nSPS) is 12.8. The van der Waals surface area contributed by atoms with Gasteiger partial charge in [-0.3, -0.25) is 9.89 Å². The maximum Gasteiger partial charge on any atom is 0.288 e. The van der Waals surface area contributed by atoms with E-state index in [2.05, 4.69) is 20.5 Å². The summed E-state index contributed by atoms with van der Waals surface area (Å²) in [5.41, 5.74) is 0. The van der Waals surface area contributed by atoms with E-state index in [0.29, 0.717) is 5.92 Å². The van der Waals surface area contributed by atoms with Gasteiger partial charge in [-0.15, -0.1) is 0 Å². The number of H-pyrrole nitrogens is 1. The van der Waals surface area contributed by atoms with Crippen molar-refractivity contribution in [3.05, 3.63) is 12.2 Å². The molecule has 0 spiro atoms. The number of carbonyl (C=O) groups is 1. The summed E-state index contributed by atoms with van der Waals surface area (Å²) < 4.78 is 0. The highest BCUT2D eigenvalue weighted by Gasteiger charge is 2.15. The van der Waals surface area contributed by atoms with Gasteiger partial charge in [0, 0.05) is 0 Å². The highest BCUT2D eigenvalue weighted by atomic mass is 16.3. The molecule has 0 saturated heterocycles. The zero-order valence-corrected chi connectivity index (χ0v) is 8.90. The van der Waals surface area contributed by atoms with E-state index >= 15 is 0 Å². The van der Waals surface area contributed by atoms with Gasteiger partial charge in [0.1, 0.15) is 6.33 Å². The fourth-order valence-electron chi connectivity index (χ4n) is 1.32. The number of nitrogens with zero attached hydrogens (tertiary/aromatic N) is 2. The molecule has 1 amide bonds. The van der Waals surface area contributed by atoms with Crippen LogP contribution >= 0.6 is 0 Å². The monoisotopic (exact) mass is 212 g/mol. The highest BCUT2D eigenvalue weighted by molar-refractivity contribution is 5.90. The molecule has 6 heteroatoms. The van der Waals surface area contributed by atoms with E-state index in [1.807, 2.05) is 13.8 Å². The lowest BCUT2D eigenvalue weighted by molar-refractivity contribution is 0.0898. The second kappa shape index (κ2) is 5.45. The van der Waals surface area contributed by atoms with Crippen molar-refractivity contribution in [3.8, 4) is 0 Å². The van der Waals surface area contributed by atoms with Gasteiger partial charge in [0.2, 0.25) is 5.82 Å². The zero-order chi connectivity index (χ0) is 11.3. The molecule has 0 aliphatic rings. The minimum absolute atomic E-state index is 0.0714. The van der Waals surface area contributed by atoms with Crippen molar-refractivity contribution in [1.82, 2.24) is 20.5 Å². The predicted octanol–water partition coefficient (Wildman–Crippen LogP) is -0.0585. The minimum Gasteiger partial charge on any atom is -0.394 e. The summed E-state index contributed by atoms with van der Waals surface area (Å²) >= 11 is 0. The number of carbonyl (C=O) groups excluding carboxylic acids is 1. The number of nitrogens with one attached hydrogen (secondary N) is 2. The molecule has 0 saturated carbocycles. The number of aromatic nitrogens is 3. The Morgan fingerprint density at radius 1 is 1.67 bits per heavy atom. The van der Waals surface area contributed by atoms with Gasteiger partial charge in [-0.05, 0) is 12.3 Å². The zero-order valence-electron chi connectivity index (χ0n) is 8.90. The van der Waals surface area contributed by atoms with Crippen LogP contribution in [-0.2, 0) is 0 Å². The molecule has 15 heavy (non-hydrogen) atoms. The molecule has 0 radical (unpaired) electrons. The van der Waals surface area contributed by atoms with Crippen molar-refractivity contribution in [2.24, 2.45) is 5.92 Å². The second-order valence-electron chi connectivity index (χ2n) is 3.82. The molecule has 84 valence electrons. The van der Waals surface area contributed by atoms with Crippen LogP contribution in [-0.4, -0.2) is 38.8 Å². The first-order valence-corrected chi connectivity index (χ1v) is 4.90. The summed E-state index contributed by atoms with van der Waals surface area (Å²) in [6.07, 6.45) is 2.00. The van der Waals surface area contributed by atoms with Gasteiger partial charge in [0.05, 0.1) is 12.6 Å². The Hall–Kier alpha value is -1.43. The van der Waals surface area contributed by atoms with E-state index in [0.717, 1.165) is 6.42 Å². The van der Waals surface area contributed by atoms with Crippen LogP contribution in [0.1, 0.15) is 30.9 Å². The van der Waals surface area contributed by atoms with Gasteiger partial charge in [0.25, 0.3) is 5.91 Å². The van der Waals surface area contributed by atoms with Crippen molar-refractivity contribution >= 4 is 5.91 Å². The summed E-state index contributed by atoms with van der Waals surface area (Å²) in [5, 5.41) is 17.8. The van der Waals surface area contributed by atoms with Crippen molar-refractivity contribution < 1.29 is 9.90 Å². The number of aliphatic hydroxyl groups excluding tert-OH is 1. The van der Waals surface area contributed by atoms with E-state index in [-0.39, 0.29) is 24.4 Å². The maximum absolute atomic E-state index is 11.5. The smallest absolute Gasteiger partial charge is 0.288 e. The van der Waals surface area contributed by atoms with E-state index in [1.165, 1.54) is 6.33 Å². The molecule has 1 rings (SSSR count). The van der Waals surface area contributed by atoms with Gasteiger partial charge >= 0.3 is 0 Å². The second-order valence-corrected chi connectivity index (χ2v) is 3.82. The molecule has 1 aromatic rings. The van der Waals surface area contributed by atoms with Gasteiger partial charge in [-0.1, -0.05) is 13.8 Å². The Morgan fingerprint density at radius 2 is 2.40 bits per heavy atom. The molecule has 1 unspecified atom stereocenters. The Bertz CT molecular complexity index is 297. The van der Waals surface area contributed by atoms with Crippen LogP contribution in [0.3, 0.4) is 0 Å². The molecule has 1 aromatic heterocycles. The molecule has 0 aliphatic heterocycles. The Balaban J connectivity index is 2.48. The van der Waals surface area contributed by atoms with E-state index in [1.54, 1.807) is 0 Å². The Morgan fingerprint density at radius 3 is 2.87 bits per heavy atom. The van der Waals surface area contributed by atoms with Crippen molar-refractivity contribution in [2.75, 3.05) is 6.61 Å². The first-order chi connectivity index (χ1) is 7.13. The summed E-state index contributed by atoms with van der Waals surface area (Å²) in [6, 6.07) is -0.234. The lowest BCUT2D eigenvalue weighted by Crippen LogP contribution is -2.38. The van der Waals surface area contributed by atoms with Gasteiger partial charge in [-0.2, -0.15) is 5.10 Å². The third-order valence-electron chi connectivity index (χ3n) is 1.94. The van der Waals surface area contributed by atoms with Crippen LogP contribution in [0.2, 0.25) is 0 Å². The van der Waals surface area contributed by atoms with Crippen LogP contribution in [0.4, 0.5) is 0 Å². The van der Waals surface area contributed by atoms with Crippen molar-refractivity contribution in [3.63, 3.8) is 0 Å². The average molecular weight is 212 g/mol. The number of amides is 1. The van der Waals surface area contributed by atoms with Crippen molar-refractivity contribution in [2.45, 2.75) is 26.3 Å². The largest absolute Gasteiger partial charge is 0.394 e. The van der Waals surface area contributed by atoms with Crippen LogP contribution in [0.15, 0.2) is 6.33 Å². The Kier molecular flexibility index (Phi) is 4.23. The molecule has 0 aromatic carbocycles. The lowest BCUT2D eigenvalue weighted by atomic mass is 10.0. The third kappa shape index (κ3) is 3.67. The summed E-state index contributed by atoms with van der Waals surface area (Å²) in [4.78, 5) is 15.2. The van der Waals surface area contributed by atoms with Crippen LogP contribution in [0.25, 0.3) is 0 Å². The molecular formula is C9H16N4O2. The van der Waals surface area contributed by atoms with E-state index in [4.69, 9.17) is 5.11 Å². The molecule has 3 N–H and O–H groups in total. The molecule has 0 aliphatic carbocycles. The van der Waals surface area contributed by atoms with E-state index in [9.17, 15) is 4.79 Å². The number of aromatic amines is 1. The van der Waals surface area contributed by atoms with Gasteiger partial charge < -0.3 is 10.4 Å². The molecular weight excluding hydrogens is 196 g/mol. The molecule has 1 heterocycles. The number of rotatable bonds is 5. The molecule has 1 atom stereocenters. The first-order valence-electron chi connectivity index (χ1n) is 4.90. The third-order valence-corrected chi connectivity index (χ3v) is 1.94. The first kappa shape index (κ1) is 11.6. The highest BCUT2D eigenvalue weighted by Crippen LogP contribution is 2.04. The SMILES string of the molecule is CC(C)CC(CO)NC(=O)c1ncn[nH]1. The summed E-state index contributed by atoms with van der Waals surface area (Å²) in [7, 11) is 0. The number of hydrogen-bond acceptors (Lipinski definition) is 4. The molecule has 6 nitrogen and oxygen atoms in total. The quantitative estimate of drug-likeness (QED) is 0.637. The maximum atomic E-state index is 11.5. The van der Waals surface area contributed by atoms with Gasteiger partial charge in [-0.25, -0.2) is 4.98 Å². The Labute approximate surface area is 88.1 Å². The van der Waals surface area contributed by atoms with Crippen molar-refractivity contribution in [1.29, 1.82) is 0 Å². The average Bonchev–Trinajstić information content (AvgIpc) is 2.68.